The summed E-state index contributed by atoms with van der Waals surface area (Å²) in [4.78, 5) is 14.3. The molecule has 0 saturated heterocycles. The van der Waals surface area contributed by atoms with Crippen LogP contribution in [0.2, 0.25) is 0 Å². The zero-order valence-corrected chi connectivity index (χ0v) is 17.3. The van der Waals surface area contributed by atoms with Gasteiger partial charge in [-0.05, 0) is 42.2 Å². The average molecular weight is 385 g/mol. The predicted octanol–water partition coefficient (Wildman–Crippen LogP) is 5.15. The molecule has 2 N–H and O–H groups in total. The van der Waals surface area contributed by atoms with Crippen molar-refractivity contribution in [3.8, 4) is 5.75 Å². The second kappa shape index (κ2) is 6.86. The van der Waals surface area contributed by atoms with E-state index in [2.05, 4.69) is 31.4 Å². The molecule has 0 fully saturated rings. The number of nitrogens with one attached hydrogen (secondary N) is 2. The summed E-state index contributed by atoms with van der Waals surface area (Å²) in [6.45, 7) is 7.03. The third-order valence-corrected chi connectivity index (χ3v) is 7.70. The number of fused-ring (bicyclic) bond motifs is 3. The Bertz CT molecular complexity index is 871. The highest BCUT2D eigenvalue weighted by Crippen LogP contribution is 2.47. The molecular weight excluding hydrogens is 356 g/mol. The van der Waals surface area contributed by atoms with Gasteiger partial charge in [0.15, 0.2) is 0 Å². The van der Waals surface area contributed by atoms with Crippen LogP contribution in [-0.4, -0.2) is 13.0 Å². The molecule has 2 aromatic rings. The first kappa shape index (κ1) is 18.4. The highest BCUT2D eigenvalue weighted by Gasteiger charge is 2.37. The number of ether oxygens (including phenoxy) is 1. The number of hydrogen-bond donors (Lipinski definition) is 2. The van der Waals surface area contributed by atoms with Crippen LogP contribution in [0.4, 0.5) is 5.00 Å². The average Bonchev–Trinajstić information content (AvgIpc) is 3.05. The third kappa shape index (κ3) is 3.12. The van der Waals surface area contributed by atoms with Crippen molar-refractivity contribution >= 4 is 22.2 Å². The lowest BCUT2D eigenvalue weighted by Gasteiger charge is -2.36. The molecule has 2 heterocycles. The van der Waals surface area contributed by atoms with E-state index in [0.717, 1.165) is 34.7 Å². The monoisotopic (exact) mass is 384 g/mol. The van der Waals surface area contributed by atoms with E-state index in [1.807, 2.05) is 24.3 Å². The summed E-state index contributed by atoms with van der Waals surface area (Å²) in [5.74, 6) is 1.50. The number of carbonyl (C=O) groups excluding carboxylic acids is 1. The van der Waals surface area contributed by atoms with E-state index in [1.54, 1.807) is 18.4 Å². The maximum atomic E-state index is 13.0. The second-order valence-electron chi connectivity index (χ2n) is 8.28. The lowest BCUT2D eigenvalue weighted by molar-refractivity contribution is 0.0934. The van der Waals surface area contributed by atoms with Gasteiger partial charge in [0, 0.05) is 10.4 Å². The van der Waals surface area contributed by atoms with E-state index in [4.69, 9.17) is 4.74 Å². The molecule has 0 radical (unpaired) electrons. The fraction of sp³-hybridized carbons (Fsp3) is 0.500. The standard InChI is InChI=1S/C22H28N2O2S/c1-5-22(2,3)13-10-11-15-17(12-13)27-21-18(15)20(25)23-19(24-21)14-8-6-7-9-16(14)26-4/h6-9,13,19,24H,5,10-12H2,1-4H3,(H,23,25)/t13-,19+/m0/s1. The van der Waals surface area contributed by atoms with E-state index < -0.39 is 0 Å². The molecule has 27 heavy (non-hydrogen) atoms. The summed E-state index contributed by atoms with van der Waals surface area (Å²) in [6, 6.07) is 7.83. The van der Waals surface area contributed by atoms with Crippen molar-refractivity contribution in [2.24, 2.45) is 11.3 Å². The molecule has 1 aliphatic carbocycles. The maximum Gasteiger partial charge on any atom is 0.256 e. The van der Waals surface area contributed by atoms with Gasteiger partial charge in [0.25, 0.3) is 5.91 Å². The zero-order valence-electron chi connectivity index (χ0n) is 16.5. The van der Waals surface area contributed by atoms with Gasteiger partial charge in [-0.1, -0.05) is 45.4 Å². The molecule has 4 nitrogen and oxygen atoms in total. The van der Waals surface area contributed by atoms with Crippen LogP contribution in [0.15, 0.2) is 24.3 Å². The Morgan fingerprint density at radius 2 is 2.04 bits per heavy atom. The lowest BCUT2D eigenvalue weighted by atomic mass is 9.69. The Morgan fingerprint density at radius 1 is 1.26 bits per heavy atom. The number of amides is 1. The molecule has 1 amide bonds. The first-order chi connectivity index (χ1) is 12.9. The van der Waals surface area contributed by atoms with E-state index in [0.29, 0.717) is 11.3 Å². The zero-order chi connectivity index (χ0) is 19.2. The molecule has 5 heteroatoms. The van der Waals surface area contributed by atoms with Gasteiger partial charge in [-0.3, -0.25) is 4.79 Å². The van der Waals surface area contributed by atoms with Crippen LogP contribution in [0.25, 0.3) is 0 Å². The maximum absolute atomic E-state index is 13.0. The van der Waals surface area contributed by atoms with Gasteiger partial charge < -0.3 is 15.4 Å². The van der Waals surface area contributed by atoms with Crippen molar-refractivity contribution in [2.75, 3.05) is 12.4 Å². The van der Waals surface area contributed by atoms with Gasteiger partial charge in [-0.15, -0.1) is 11.3 Å². The van der Waals surface area contributed by atoms with Crippen molar-refractivity contribution in [3.05, 3.63) is 45.8 Å². The van der Waals surface area contributed by atoms with Gasteiger partial charge in [0.2, 0.25) is 0 Å². The molecule has 2 aliphatic rings. The molecule has 0 saturated carbocycles. The summed E-state index contributed by atoms with van der Waals surface area (Å²) < 4.78 is 5.48. The Morgan fingerprint density at radius 3 is 2.78 bits per heavy atom. The molecule has 0 bridgehead atoms. The number of carbonyl (C=O) groups is 1. The quantitative estimate of drug-likeness (QED) is 0.766. The minimum absolute atomic E-state index is 0.0327. The van der Waals surface area contributed by atoms with Gasteiger partial charge in [-0.2, -0.15) is 0 Å². The summed E-state index contributed by atoms with van der Waals surface area (Å²) in [5, 5.41) is 7.69. The van der Waals surface area contributed by atoms with E-state index in [1.165, 1.54) is 23.3 Å². The number of benzene rings is 1. The first-order valence-electron chi connectivity index (χ1n) is 9.79. The Hall–Kier alpha value is -2.01. The molecule has 1 aliphatic heterocycles. The van der Waals surface area contributed by atoms with Gasteiger partial charge in [-0.25, -0.2) is 0 Å². The van der Waals surface area contributed by atoms with Crippen LogP contribution >= 0.6 is 11.3 Å². The highest BCUT2D eigenvalue weighted by molar-refractivity contribution is 7.16. The summed E-state index contributed by atoms with van der Waals surface area (Å²) in [6.07, 6.45) is 4.18. The van der Waals surface area contributed by atoms with E-state index in [-0.39, 0.29) is 12.1 Å². The van der Waals surface area contributed by atoms with Crippen LogP contribution in [0.5, 0.6) is 5.75 Å². The number of thiophene rings is 1. The molecule has 144 valence electrons. The number of hydrogen-bond acceptors (Lipinski definition) is 4. The Labute approximate surface area is 165 Å². The summed E-state index contributed by atoms with van der Waals surface area (Å²) >= 11 is 1.77. The fourth-order valence-electron chi connectivity index (χ4n) is 4.31. The number of rotatable bonds is 4. The molecule has 2 atom stereocenters. The number of para-hydroxylation sites is 1. The SMILES string of the molecule is CCC(C)(C)[C@H]1CCc2c(sc3c2C(=O)N[C@@H](c2ccccc2OC)N3)C1. The highest BCUT2D eigenvalue weighted by atomic mass is 32.1. The topological polar surface area (TPSA) is 50.4 Å². The Kier molecular flexibility index (Phi) is 4.66. The van der Waals surface area contributed by atoms with E-state index >= 15 is 0 Å². The Balaban J connectivity index is 1.65. The van der Waals surface area contributed by atoms with Crippen LogP contribution in [0, 0.1) is 11.3 Å². The normalized spacial score (nSPS) is 21.7. The smallest absolute Gasteiger partial charge is 0.256 e. The van der Waals surface area contributed by atoms with Crippen molar-refractivity contribution in [1.29, 1.82) is 0 Å². The first-order valence-corrected chi connectivity index (χ1v) is 10.6. The van der Waals surface area contributed by atoms with Crippen LogP contribution in [0.3, 0.4) is 0 Å². The number of methoxy groups -OCH3 is 1. The minimum Gasteiger partial charge on any atom is -0.496 e. The molecule has 4 rings (SSSR count). The van der Waals surface area contributed by atoms with Gasteiger partial charge in [0.1, 0.15) is 16.9 Å². The predicted molar refractivity (Wildman–Crippen MR) is 111 cm³/mol. The molecule has 0 spiro atoms. The van der Waals surface area contributed by atoms with Crippen molar-refractivity contribution in [3.63, 3.8) is 0 Å². The van der Waals surface area contributed by atoms with Crippen LogP contribution in [0.1, 0.15) is 66.1 Å². The van der Waals surface area contributed by atoms with Crippen LogP contribution in [-0.2, 0) is 12.8 Å². The summed E-state index contributed by atoms with van der Waals surface area (Å²) in [5.41, 5.74) is 3.43. The molecule has 0 unspecified atom stereocenters. The van der Waals surface area contributed by atoms with Crippen LogP contribution < -0.4 is 15.4 Å². The fourth-order valence-corrected chi connectivity index (χ4v) is 5.67. The molecule has 1 aromatic heterocycles. The summed E-state index contributed by atoms with van der Waals surface area (Å²) in [7, 11) is 1.66. The van der Waals surface area contributed by atoms with Crippen molar-refractivity contribution in [1.82, 2.24) is 5.32 Å². The van der Waals surface area contributed by atoms with Crippen molar-refractivity contribution < 1.29 is 9.53 Å². The van der Waals surface area contributed by atoms with Gasteiger partial charge in [0.05, 0.1) is 12.7 Å². The second-order valence-corrected chi connectivity index (χ2v) is 9.39. The molecule has 1 aromatic carbocycles. The van der Waals surface area contributed by atoms with Gasteiger partial charge >= 0.3 is 0 Å². The minimum atomic E-state index is -0.260. The largest absolute Gasteiger partial charge is 0.496 e. The third-order valence-electron chi connectivity index (χ3n) is 6.51. The molecular formula is C22H28N2O2S. The van der Waals surface area contributed by atoms with Crippen molar-refractivity contribution in [2.45, 2.75) is 52.6 Å². The number of anilines is 1. The lowest BCUT2D eigenvalue weighted by Crippen LogP contribution is -2.38. The van der Waals surface area contributed by atoms with E-state index in [9.17, 15) is 4.79 Å².